The molecule has 0 bridgehead atoms. The van der Waals surface area contributed by atoms with Crippen LogP contribution in [0.4, 0.5) is 0 Å². The van der Waals surface area contributed by atoms with Crippen LogP contribution < -0.4 is 0 Å². The van der Waals surface area contributed by atoms with Crippen LogP contribution >= 0.6 is 0 Å². The second kappa shape index (κ2) is 65.8. The predicted molar refractivity (Wildman–Crippen MR) is 339 cm³/mol. The lowest BCUT2D eigenvalue weighted by molar-refractivity contribution is -0.167. The Morgan fingerprint density at radius 3 is 0.833 bits per heavy atom. The van der Waals surface area contributed by atoms with Crippen molar-refractivity contribution in [2.45, 2.75) is 329 Å². The fraction of sp³-hybridized carbons (Fsp3) is 0.736. The van der Waals surface area contributed by atoms with Crippen molar-refractivity contribution in [3.8, 4) is 0 Å². The second-order valence-corrected chi connectivity index (χ2v) is 22.0. The van der Waals surface area contributed by atoms with Gasteiger partial charge < -0.3 is 14.2 Å². The van der Waals surface area contributed by atoms with E-state index in [1.54, 1.807) is 0 Å². The van der Waals surface area contributed by atoms with Gasteiger partial charge in [0, 0.05) is 19.3 Å². The molecule has 0 N–H and O–H groups in total. The zero-order chi connectivity index (χ0) is 56.4. The standard InChI is InChI=1S/C72H124O6/c1-4-7-10-13-16-19-22-25-28-31-33-35-37-38-41-44-47-50-53-56-59-62-65-71(74)77-68-69(67-76-70(73)64-61-58-55-52-49-46-43-40-30-27-24-21-18-15-12-9-6-3)78-72(75)66-63-60-57-54-51-48-45-42-39-36-34-32-29-26-23-20-17-14-11-8-5-2/h9,12,18,21,23,26-27,30,32,34,39,42-43,46,52,55,69H,4-8,10-11,13-17,19-20,22,24-25,28-29,31,33,35-38,40-41,44-45,47-51,53-54,56-68H2,1-3H3/b12-9-,21-18-,26-23-,30-27-,34-32-,42-39-,46-43-,55-52-. The van der Waals surface area contributed by atoms with E-state index >= 15 is 0 Å². The molecular weight excluding hydrogens is 961 g/mol. The first-order valence-electron chi connectivity index (χ1n) is 33.2. The van der Waals surface area contributed by atoms with E-state index in [1.807, 2.05) is 0 Å². The van der Waals surface area contributed by atoms with Gasteiger partial charge in [0.1, 0.15) is 13.2 Å². The second-order valence-electron chi connectivity index (χ2n) is 22.0. The number of esters is 3. The van der Waals surface area contributed by atoms with Crippen LogP contribution in [0, 0.1) is 0 Å². The Hall–Kier alpha value is -3.67. The van der Waals surface area contributed by atoms with E-state index in [9.17, 15) is 14.4 Å². The van der Waals surface area contributed by atoms with Crippen molar-refractivity contribution in [1.82, 2.24) is 0 Å². The Labute approximate surface area is 483 Å². The number of allylic oxidation sites excluding steroid dienone is 16. The first-order valence-corrected chi connectivity index (χ1v) is 33.2. The summed E-state index contributed by atoms with van der Waals surface area (Å²) in [6.07, 6.45) is 88.5. The maximum Gasteiger partial charge on any atom is 0.306 e. The molecule has 0 saturated carbocycles. The lowest BCUT2D eigenvalue weighted by atomic mass is 10.0. The average molecular weight is 1090 g/mol. The van der Waals surface area contributed by atoms with Crippen molar-refractivity contribution in [2.24, 2.45) is 0 Å². The molecule has 0 spiro atoms. The summed E-state index contributed by atoms with van der Waals surface area (Å²) in [7, 11) is 0. The lowest BCUT2D eigenvalue weighted by Crippen LogP contribution is -2.30. The third kappa shape index (κ3) is 63.2. The number of rotatable bonds is 60. The van der Waals surface area contributed by atoms with Crippen LogP contribution in [0.5, 0.6) is 0 Å². The van der Waals surface area contributed by atoms with Crippen molar-refractivity contribution in [3.05, 3.63) is 97.2 Å². The van der Waals surface area contributed by atoms with Gasteiger partial charge in [-0.1, -0.05) is 304 Å². The SMILES string of the molecule is CC/C=C\C/C=C\C/C=C\C/C=C\C/C=C\CCCC(=O)OCC(COC(=O)CCCCCCCCCCCCCCCCCCCCCCCC)OC(=O)CCCCCCCC/C=C\C/C=C\C/C=C\CCCCCCC. The van der Waals surface area contributed by atoms with Gasteiger partial charge in [0.05, 0.1) is 0 Å². The summed E-state index contributed by atoms with van der Waals surface area (Å²) in [6.45, 7) is 6.50. The van der Waals surface area contributed by atoms with Crippen molar-refractivity contribution < 1.29 is 28.6 Å². The molecule has 6 heteroatoms. The van der Waals surface area contributed by atoms with Crippen LogP contribution in [0.15, 0.2) is 97.2 Å². The predicted octanol–water partition coefficient (Wildman–Crippen LogP) is 22.8. The van der Waals surface area contributed by atoms with E-state index in [0.29, 0.717) is 19.3 Å². The monoisotopic (exact) mass is 1080 g/mol. The molecule has 0 rings (SSSR count). The molecule has 0 amide bonds. The normalized spacial score (nSPS) is 12.7. The van der Waals surface area contributed by atoms with Crippen molar-refractivity contribution in [3.63, 3.8) is 0 Å². The molecule has 0 aliphatic heterocycles. The number of unbranched alkanes of at least 4 members (excludes halogenated alkanes) is 33. The maximum absolute atomic E-state index is 12.9. The zero-order valence-corrected chi connectivity index (χ0v) is 51.4. The largest absolute Gasteiger partial charge is 0.462 e. The van der Waals surface area contributed by atoms with Crippen LogP contribution in [-0.2, 0) is 28.6 Å². The first-order chi connectivity index (χ1) is 38.5. The fourth-order valence-corrected chi connectivity index (χ4v) is 9.37. The minimum atomic E-state index is -0.809. The Balaban J connectivity index is 4.44. The smallest absolute Gasteiger partial charge is 0.306 e. The molecule has 1 unspecified atom stereocenters. The van der Waals surface area contributed by atoms with Crippen molar-refractivity contribution >= 4 is 17.9 Å². The number of carbonyl (C=O) groups excluding carboxylic acids is 3. The molecular formula is C72H124O6. The van der Waals surface area contributed by atoms with Gasteiger partial charge in [-0.3, -0.25) is 14.4 Å². The molecule has 6 nitrogen and oxygen atoms in total. The van der Waals surface area contributed by atoms with Crippen LogP contribution in [-0.4, -0.2) is 37.2 Å². The van der Waals surface area contributed by atoms with Gasteiger partial charge in [0.15, 0.2) is 6.10 Å². The summed E-state index contributed by atoms with van der Waals surface area (Å²) in [5.74, 6) is -0.959. The van der Waals surface area contributed by atoms with E-state index in [-0.39, 0.29) is 37.5 Å². The third-order valence-corrected chi connectivity index (χ3v) is 14.3. The van der Waals surface area contributed by atoms with E-state index in [4.69, 9.17) is 14.2 Å². The maximum atomic E-state index is 12.9. The van der Waals surface area contributed by atoms with E-state index in [0.717, 1.165) is 103 Å². The summed E-state index contributed by atoms with van der Waals surface area (Å²) < 4.78 is 16.9. The molecule has 0 aromatic heterocycles. The van der Waals surface area contributed by atoms with Crippen LogP contribution in [0.1, 0.15) is 323 Å². The molecule has 1 atom stereocenters. The molecule has 0 aromatic rings. The van der Waals surface area contributed by atoms with Gasteiger partial charge in [-0.25, -0.2) is 0 Å². The van der Waals surface area contributed by atoms with Crippen LogP contribution in [0.2, 0.25) is 0 Å². The topological polar surface area (TPSA) is 78.9 Å². The average Bonchev–Trinajstić information content (AvgIpc) is 3.44. The molecule has 78 heavy (non-hydrogen) atoms. The van der Waals surface area contributed by atoms with E-state index in [2.05, 4.69) is 118 Å². The number of hydrogen-bond donors (Lipinski definition) is 0. The van der Waals surface area contributed by atoms with Gasteiger partial charge >= 0.3 is 17.9 Å². The highest BCUT2D eigenvalue weighted by Gasteiger charge is 2.19. The zero-order valence-electron chi connectivity index (χ0n) is 51.4. The van der Waals surface area contributed by atoms with Gasteiger partial charge in [0.25, 0.3) is 0 Å². The Morgan fingerprint density at radius 1 is 0.269 bits per heavy atom. The number of carbonyl (C=O) groups is 3. The molecule has 0 heterocycles. The molecule has 0 fully saturated rings. The van der Waals surface area contributed by atoms with Gasteiger partial charge in [-0.15, -0.1) is 0 Å². The van der Waals surface area contributed by atoms with Crippen LogP contribution in [0.3, 0.4) is 0 Å². The summed E-state index contributed by atoms with van der Waals surface area (Å²) in [6, 6.07) is 0. The number of ether oxygens (including phenoxy) is 3. The van der Waals surface area contributed by atoms with E-state index < -0.39 is 6.10 Å². The van der Waals surface area contributed by atoms with Gasteiger partial charge in [-0.2, -0.15) is 0 Å². The van der Waals surface area contributed by atoms with Gasteiger partial charge in [0.2, 0.25) is 0 Å². The summed E-state index contributed by atoms with van der Waals surface area (Å²) >= 11 is 0. The third-order valence-electron chi connectivity index (χ3n) is 14.3. The molecule has 448 valence electrons. The summed E-state index contributed by atoms with van der Waals surface area (Å²) in [5.41, 5.74) is 0. The minimum absolute atomic E-state index is 0.0986. The Morgan fingerprint density at radius 2 is 0.513 bits per heavy atom. The summed E-state index contributed by atoms with van der Waals surface area (Å²) in [4.78, 5) is 38.4. The van der Waals surface area contributed by atoms with Crippen molar-refractivity contribution in [2.75, 3.05) is 13.2 Å². The molecule has 0 radical (unpaired) electrons. The van der Waals surface area contributed by atoms with Crippen molar-refractivity contribution in [1.29, 1.82) is 0 Å². The highest BCUT2D eigenvalue weighted by molar-refractivity contribution is 5.71. The van der Waals surface area contributed by atoms with E-state index in [1.165, 1.54) is 173 Å². The molecule has 0 aliphatic rings. The first kappa shape index (κ1) is 74.3. The Kier molecular flexibility index (Phi) is 62.7. The number of hydrogen-bond acceptors (Lipinski definition) is 6. The fourth-order valence-electron chi connectivity index (χ4n) is 9.37. The van der Waals surface area contributed by atoms with Crippen LogP contribution in [0.25, 0.3) is 0 Å². The Bertz CT molecular complexity index is 1530. The molecule has 0 aliphatic carbocycles. The highest BCUT2D eigenvalue weighted by atomic mass is 16.6. The summed E-state index contributed by atoms with van der Waals surface area (Å²) in [5, 5.41) is 0. The van der Waals surface area contributed by atoms with Gasteiger partial charge in [-0.05, 0) is 96.3 Å². The molecule has 0 saturated heterocycles. The quantitative estimate of drug-likeness (QED) is 0.0261. The highest BCUT2D eigenvalue weighted by Crippen LogP contribution is 2.17. The molecule has 0 aromatic carbocycles. The lowest BCUT2D eigenvalue weighted by Gasteiger charge is -2.18. The minimum Gasteiger partial charge on any atom is -0.462 e.